The minimum atomic E-state index is -0.828. The zero-order valence-electron chi connectivity index (χ0n) is 43.6. The highest BCUT2D eigenvalue weighted by molar-refractivity contribution is 5.71. The van der Waals surface area contributed by atoms with Crippen molar-refractivity contribution >= 4 is 17.9 Å². The average Bonchev–Trinajstić information content (AvgIpc) is 3.34. The zero-order valence-corrected chi connectivity index (χ0v) is 43.6. The van der Waals surface area contributed by atoms with Crippen LogP contribution in [-0.4, -0.2) is 37.2 Å². The maximum atomic E-state index is 12.8. The zero-order chi connectivity index (χ0) is 49.3. The lowest BCUT2D eigenvalue weighted by molar-refractivity contribution is -0.167. The van der Waals surface area contributed by atoms with E-state index in [9.17, 15) is 14.4 Å². The van der Waals surface area contributed by atoms with Gasteiger partial charge in [0.1, 0.15) is 13.2 Å². The van der Waals surface area contributed by atoms with Gasteiger partial charge in [-0.2, -0.15) is 0 Å². The van der Waals surface area contributed by atoms with E-state index in [4.69, 9.17) is 14.2 Å². The molecule has 0 heterocycles. The van der Waals surface area contributed by atoms with Crippen LogP contribution in [0.15, 0.2) is 134 Å². The van der Waals surface area contributed by atoms with Crippen LogP contribution < -0.4 is 0 Å². The molecule has 382 valence electrons. The minimum Gasteiger partial charge on any atom is -0.462 e. The summed E-state index contributed by atoms with van der Waals surface area (Å²) in [6.07, 6.45) is 77.2. The number of rotatable bonds is 47. The summed E-state index contributed by atoms with van der Waals surface area (Å²) in [5.74, 6) is -1.02. The summed E-state index contributed by atoms with van der Waals surface area (Å²) < 4.78 is 16.8. The average molecular weight is 939 g/mol. The van der Waals surface area contributed by atoms with E-state index in [1.807, 2.05) is 0 Å². The van der Waals surface area contributed by atoms with Crippen LogP contribution in [0.3, 0.4) is 0 Å². The number of hydrogen-bond donors (Lipinski definition) is 0. The van der Waals surface area contributed by atoms with Crippen LogP contribution in [0.5, 0.6) is 0 Å². The SMILES string of the molecule is CC/C=C\C/C=C\C/C=C\C/C=C\C/C=C\CCCC(=O)OC(COC(=O)CCCCCCC\C=C/C=C\C=C/C=C\CCCCC)COC(=O)CCCCCCCC/C=C\C=C/CCCCC. The van der Waals surface area contributed by atoms with E-state index in [0.29, 0.717) is 19.3 Å². The minimum absolute atomic E-state index is 0.119. The predicted octanol–water partition coefficient (Wildman–Crippen LogP) is 18.3. The fourth-order valence-electron chi connectivity index (χ4n) is 6.89. The van der Waals surface area contributed by atoms with Gasteiger partial charge < -0.3 is 14.2 Å². The fourth-order valence-corrected chi connectivity index (χ4v) is 6.89. The summed E-state index contributed by atoms with van der Waals surface area (Å²) in [6, 6.07) is 0. The molecule has 0 amide bonds. The predicted molar refractivity (Wildman–Crippen MR) is 292 cm³/mol. The molecule has 0 radical (unpaired) electrons. The third kappa shape index (κ3) is 52.5. The normalized spacial score (nSPS) is 13.2. The molecule has 68 heavy (non-hydrogen) atoms. The summed E-state index contributed by atoms with van der Waals surface area (Å²) >= 11 is 0. The molecular formula is C62H98O6. The van der Waals surface area contributed by atoms with Gasteiger partial charge in [0.2, 0.25) is 0 Å². The maximum absolute atomic E-state index is 12.8. The second-order valence-corrected chi connectivity index (χ2v) is 17.5. The summed E-state index contributed by atoms with van der Waals surface area (Å²) in [6.45, 7) is 6.36. The molecule has 0 fully saturated rings. The Hall–Kier alpha value is -4.45. The number of carbonyl (C=O) groups is 3. The lowest BCUT2D eigenvalue weighted by Gasteiger charge is -2.18. The van der Waals surface area contributed by atoms with E-state index in [-0.39, 0.29) is 37.5 Å². The summed E-state index contributed by atoms with van der Waals surface area (Å²) in [5.41, 5.74) is 0. The molecule has 6 nitrogen and oxygen atoms in total. The van der Waals surface area contributed by atoms with E-state index in [2.05, 4.69) is 154 Å². The molecule has 0 aromatic carbocycles. The Balaban J connectivity index is 4.58. The third-order valence-electron chi connectivity index (χ3n) is 11.0. The smallest absolute Gasteiger partial charge is 0.306 e. The molecule has 1 atom stereocenters. The summed E-state index contributed by atoms with van der Waals surface area (Å²) in [7, 11) is 0. The van der Waals surface area contributed by atoms with Crippen LogP contribution in [0.25, 0.3) is 0 Å². The molecule has 0 aliphatic rings. The van der Waals surface area contributed by atoms with Gasteiger partial charge in [0, 0.05) is 19.3 Å². The molecule has 0 aromatic rings. The molecular weight excluding hydrogens is 841 g/mol. The first-order valence-electron chi connectivity index (χ1n) is 27.3. The largest absolute Gasteiger partial charge is 0.462 e. The Morgan fingerprint density at radius 1 is 0.324 bits per heavy atom. The Kier molecular flexibility index (Phi) is 51.5. The number of ether oxygens (including phenoxy) is 3. The molecule has 1 unspecified atom stereocenters. The van der Waals surface area contributed by atoms with E-state index in [1.165, 1.54) is 51.4 Å². The lowest BCUT2D eigenvalue weighted by atomic mass is 10.1. The first-order chi connectivity index (χ1) is 33.5. The quantitative estimate of drug-likeness (QED) is 0.0199. The van der Waals surface area contributed by atoms with Gasteiger partial charge >= 0.3 is 17.9 Å². The van der Waals surface area contributed by atoms with Gasteiger partial charge in [-0.1, -0.05) is 225 Å². The molecule has 0 N–H and O–H groups in total. The van der Waals surface area contributed by atoms with Gasteiger partial charge in [-0.25, -0.2) is 0 Å². The van der Waals surface area contributed by atoms with Crippen molar-refractivity contribution in [1.29, 1.82) is 0 Å². The highest BCUT2D eigenvalue weighted by atomic mass is 16.6. The molecule has 0 aliphatic heterocycles. The number of hydrogen-bond acceptors (Lipinski definition) is 6. The van der Waals surface area contributed by atoms with Gasteiger partial charge in [-0.15, -0.1) is 0 Å². The van der Waals surface area contributed by atoms with Crippen molar-refractivity contribution in [3.8, 4) is 0 Å². The van der Waals surface area contributed by atoms with Crippen molar-refractivity contribution in [2.24, 2.45) is 0 Å². The van der Waals surface area contributed by atoms with E-state index < -0.39 is 6.10 Å². The number of allylic oxidation sites excluding steroid dienone is 22. The number of unbranched alkanes of at least 4 members (excludes halogenated alkanes) is 18. The lowest BCUT2D eigenvalue weighted by Crippen LogP contribution is -2.30. The van der Waals surface area contributed by atoms with Crippen molar-refractivity contribution in [3.63, 3.8) is 0 Å². The van der Waals surface area contributed by atoms with Crippen LogP contribution in [0.4, 0.5) is 0 Å². The highest BCUT2D eigenvalue weighted by Gasteiger charge is 2.19. The molecule has 0 spiro atoms. The second kappa shape index (κ2) is 55.1. The van der Waals surface area contributed by atoms with Gasteiger partial charge in [0.05, 0.1) is 0 Å². The van der Waals surface area contributed by atoms with Crippen LogP contribution in [0.1, 0.15) is 220 Å². The molecule has 0 aromatic heterocycles. The Bertz CT molecular complexity index is 1500. The molecule has 0 bridgehead atoms. The number of esters is 3. The van der Waals surface area contributed by atoms with Crippen molar-refractivity contribution in [2.75, 3.05) is 13.2 Å². The van der Waals surface area contributed by atoms with Gasteiger partial charge in [-0.3, -0.25) is 14.4 Å². The van der Waals surface area contributed by atoms with E-state index in [0.717, 1.165) is 122 Å². The molecule has 6 heteroatoms. The molecule has 0 saturated carbocycles. The molecule has 0 rings (SSSR count). The third-order valence-corrected chi connectivity index (χ3v) is 11.0. The first-order valence-corrected chi connectivity index (χ1v) is 27.3. The van der Waals surface area contributed by atoms with E-state index in [1.54, 1.807) is 0 Å². The van der Waals surface area contributed by atoms with Gasteiger partial charge in [0.25, 0.3) is 0 Å². The Morgan fingerprint density at radius 3 is 1.07 bits per heavy atom. The monoisotopic (exact) mass is 939 g/mol. The van der Waals surface area contributed by atoms with Gasteiger partial charge in [0.15, 0.2) is 6.10 Å². The van der Waals surface area contributed by atoms with Gasteiger partial charge in [-0.05, 0) is 109 Å². The number of carbonyl (C=O) groups excluding carboxylic acids is 3. The van der Waals surface area contributed by atoms with Crippen molar-refractivity contribution in [3.05, 3.63) is 134 Å². The highest BCUT2D eigenvalue weighted by Crippen LogP contribution is 2.12. The second-order valence-electron chi connectivity index (χ2n) is 17.5. The summed E-state index contributed by atoms with van der Waals surface area (Å²) in [5, 5.41) is 0. The van der Waals surface area contributed by atoms with Crippen molar-refractivity contribution < 1.29 is 28.6 Å². The van der Waals surface area contributed by atoms with Crippen LogP contribution in [0.2, 0.25) is 0 Å². The first kappa shape index (κ1) is 63.5. The summed E-state index contributed by atoms with van der Waals surface area (Å²) in [4.78, 5) is 38.1. The Labute approximate surface area is 417 Å². The standard InChI is InChI=1S/C62H98O6/c1-4-7-10-13-16-19-22-25-28-30-32-34-37-40-43-46-49-52-55-61(64)67-58-59(57-66-60(63)54-51-48-45-42-39-36-33-27-24-21-18-15-12-9-6-3)68-62(65)56-53-50-47-44-41-38-35-31-29-26-23-20-17-14-11-8-5-2/h8,11,16-22,24-30,32,34-35,38,44,47,59H,4-7,9-10,12-15,23,31,33,36-37,39-43,45-46,48-58H2,1-3H3/b11-8-,19-16-,20-17-,21-18-,25-22-,27-24-,29-26-,30-28-,34-32-,38-35-,47-44-. The van der Waals surface area contributed by atoms with Crippen LogP contribution in [0, 0.1) is 0 Å². The molecule has 0 aliphatic carbocycles. The van der Waals surface area contributed by atoms with Crippen LogP contribution >= 0.6 is 0 Å². The van der Waals surface area contributed by atoms with Crippen molar-refractivity contribution in [1.82, 2.24) is 0 Å². The molecule has 0 saturated heterocycles. The van der Waals surface area contributed by atoms with Crippen molar-refractivity contribution in [2.45, 2.75) is 226 Å². The van der Waals surface area contributed by atoms with E-state index >= 15 is 0 Å². The fraction of sp³-hybridized carbons (Fsp3) is 0.597. The Morgan fingerprint density at radius 2 is 0.647 bits per heavy atom. The maximum Gasteiger partial charge on any atom is 0.306 e. The van der Waals surface area contributed by atoms with Crippen LogP contribution in [-0.2, 0) is 28.6 Å². The topological polar surface area (TPSA) is 78.9 Å².